The summed E-state index contributed by atoms with van der Waals surface area (Å²) in [6.45, 7) is 7.10. The summed E-state index contributed by atoms with van der Waals surface area (Å²) in [6, 6.07) is 6.21. The van der Waals surface area contributed by atoms with Gasteiger partial charge in [0, 0.05) is 18.7 Å². The topological polar surface area (TPSA) is 76.7 Å². The first-order valence-electron chi connectivity index (χ1n) is 8.32. The molecule has 0 heterocycles. The quantitative estimate of drug-likeness (QED) is 0.196. The SMILES string of the molecule is CCOC(=O)CCCCCCN=C(N)Nc1cc(C)cc(C)c1.I. The predicted molar refractivity (Wildman–Crippen MR) is 111 cm³/mol. The van der Waals surface area contributed by atoms with E-state index in [1.807, 2.05) is 19.1 Å². The minimum absolute atomic E-state index is 0. The van der Waals surface area contributed by atoms with E-state index in [2.05, 4.69) is 30.2 Å². The first-order chi connectivity index (χ1) is 11.0. The number of esters is 1. The molecule has 1 aromatic carbocycles. The molecule has 0 saturated heterocycles. The van der Waals surface area contributed by atoms with Gasteiger partial charge in [0.2, 0.25) is 0 Å². The number of aliphatic imine (C=N–C) groups is 1. The summed E-state index contributed by atoms with van der Waals surface area (Å²) >= 11 is 0. The third-order valence-electron chi connectivity index (χ3n) is 3.37. The molecular formula is C18H30IN3O2. The van der Waals surface area contributed by atoms with Gasteiger partial charge in [-0.05, 0) is 56.9 Å². The molecule has 0 saturated carbocycles. The van der Waals surface area contributed by atoms with Crippen LogP contribution in [0.4, 0.5) is 5.69 Å². The first kappa shape index (κ1) is 22.7. The molecule has 0 spiro atoms. The van der Waals surface area contributed by atoms with Crippen molar-refractivity contribution in [3.8, 4) is 0 Å². The van der Waals surface area contributed by atoms with Crippen LogP contribution in [-0.4, -0.2) is 25.1 Å². The molecule has 6 heteroatoms. The lowest BCUT2D eigenvalue weighted by atomic mass is 10.1. The molecule has 0 aliphatic carbocycles. The lowest BCUT2D eigenvalue weighted by molar-refractivity contribution is -0.143. The van der Waals surface area contributed by atoms with Gasteiger partial charge in [0.25, 0.3) is 0 Å². The summed E-state index contributed by atoms with van der Waals surface area (Å²) in [7, 11) is 0. The number of ether oxygens (including phenoxy) is 1. The van der Waals surface area contributed by atoms with Crippen molar-refractivity contribution < 1.29 is 9.53 Å². The molecule has 0 radical (unpaired) electrons. The predicted octanol–water partition coefficient (Wildman–Crippen LogP) is 4.16. The van der Waals surface area contributed by atoms with Crippen molar-refractivity contribution in [2.24, 2.45) is 10.7 Å². The van der Waals surface area contributed by atoms with Gasteiger partial charge in [-0.15, -0.1) is 24.0 Å². The van der Waals surface area contributed by atoms with Crippen molar-refractivity contribution in [1.82, 2.24) is 0 Å². The minimum atomic E-state index is -0.104. The Morgan fingerprint density at radius 2 is 1.75 bits per heavy atom. The van der Waals surface area contributed by atoms with Crippen molar-refractivity contribution in [3.05, 3.63) is 29.3 Å². The molecule has 0 amide bonds. The summed E-state index contributed by atoms with van der Waals surface area (Å²) in [5, 5.41) is 3.12. The molecule has 0 aliphatic rings. The van der Waals surface area contributed by atoms with Crippen LogP contribution in [-0.2, 0) is 9.53 Å². The summed E-state index contributed by atoms with van der Waals surface area (Å²) in [6.07, 6.45) is 4.41. The average molecular weight is 447 g/mol. The van der Waals surface area contributed by atoms with Crippen molar-refractivity contribution in [2.75, 3.05) is 18.5 Å². The van der Waals surface area contributed by atoms with Crippen LogP contribution in [0.2, 0.25) is 0 Å². The van der Waals surface area contributed by atoms with E-state index in [4.69, 9.17) is 10.5 Å². The number of aryl methyl sites for hydroxylation is 2. The molecule has 0 aromatic heterocycles. The summed E-state index contributed by atoms with van der Waals surface area (Å²) < 4.78 is 4.89. The molecule has 5 nitrogen and oxygen atoms in total. The molecule has 136 valence electrons. The van der Waals surface area contributed by atoms with Crippen molar-refractivity contribution in [2.45, 2.75) is 52.9 Å². The largest absolute Gasteiger partial charge is 0.466 e. The molecule has 24 heavy (non-hydrogen) atoms. The fourth-order valence-electron chi connectivity index (χ4n) is 2.40. The number of unbranched alkanes of at least 4 members (excludes halogenated alkanes) is 3. The molecule has 1 rings (SSSR count). The van der Waals surface area contributed by atoms with Crippen LogP contribution in [0.5, 0.6) is 0 Å². The Kier molecular flexibility index (Phi) is 12.3. The van der Waals surface area contributed by atoms with Crippen molar-refractivity contribution in [1.29, 1.82) is 0 Å². The number of nitrogens with two attached hydrogens (primary N) is 1. The highest BCUT2D eigenvalue weighted by molar-refractivity contribution is 14.0. The Labute approximate surface area is 162 Å². The lowest BCUT2D eigenvalue weighted by Gasteiger charge is -2.08. The van der Waals surface area contributed by atoms with Crippen LogP contribution in [0.25, 0.3) is 0 Å². The number of anilines is 1. The number of hydrogen-bond acceptors (Lipinski definition) is 3. The average Bonchev–Trinajstić information content (AvgIpc) is 2.45. The van der Waals surface area contributed by atoms with Crippen LogP contribution in [0.15, 0.2) is 23.2 Å². The number of carbonyl (C=O) groups excluding carboxylic acids is 1. The second-order valence-electron chi connectivity index (χ2n) is 5.74. The Balaban J connectivity index is 0.00000529. The highest BCUT2D eigenvalue weighted by atomic mass is 127. The summed E-state index contributed by atoms with van der Waals surface area (Å²) in [4.78, 5) is 15.5. The van der Waals surface area contributed by atoms with Crippen molar-refractivity contribution >= 4 is 41.6 Å². The van der Waals surface area contributed by atoms with Crippen LogP contribution in [0, 0.1) is 13.8 Å². The number of rotatable bonds is 9. The van der Waals surface area contributed by atoms with Gasteiger partial charge < -0.3 is 15.8 Å². The van der Waals surface area contributed by atoms with E-state index in [9.17, 15) is 4.79 Å². The van der Waals surface area contributed by atoms with Crippen LogP contribution in [0.3, 0.4) is 0 Å². The molecule has 0 aliphatic heterocycles. The van der Waals surface area contributed by atoms with E-state index >= 15 is 0 Å². The maximum absolute atomic E-state index is 11.2. The van der Waals surface area contributed by atoms with Gasteiger partial charge in [-0.2, -0.15) is 0 Å². The van der Waals surface area contributed by atoms with Gasteiger partial charge in [-0.3, -0.25) is 9.79 Å². The number of nitrogens with zero attached hydrogens (tertiary/aromatic N) is 1. The van der Waals surface area contributed by atoms with E-state index in [-0.39, 0.29) is 29.9 Å². The second kappa shape index (κ2) is 13.0. The number of nitrogens with one attached hydrogen (secondary N) is 1. The number of guanidine groups is 1. The highest BCUT2D eigenvalue weighted by Crippen LogP contribution is 2.13. The second-order valence-corrected chi connectivity index (χ2v) is 5.74. The minimum Gasteiger partial charge on any atom is -0.466 e. The summed E-state index contributed by atoms with van der Waals surface area (Å²) in [5.41, 5.74) is 9.26. The number of hydrogen-bond donors (Lipinski definition) is 2. The van der Waals surface area contributed by atoms with Crippen LogP contribution in [0.1, 0.15) is 50.2 Å². The molecule has 0 bridgehead atoms. The fourth-order valence-corrected chi connectivity index (χ4v) is 2.40. The number of carbonyl (C=O) groups is 1. The maximum atomic E-state index is 11.2. The monoisotopic (exact) mass is 447 g/mol. The Morgan fingerprint density at radius 3 is 2.38 bits per heavy atom. The van der Waals surface area contributed by atoms with Gasteiger partial charge in [-0.25, -0.2) is 0 Å². The zero-order chi connectivity index (χ0) is 17.1. The van der Waals surface area contributed by atoms with E-state index in [0.717, 1.165) is 31.4 Å². The standard InChI is InChI=1S/C18H29N3O2.HI/c1-4-23-17(22)9-7-5-6-8-10-20-18(19)21-16-12-14(2)11-15(3)13-16;/h11-13H,4-10H2,1-3H3,(H3,19,20,21);1H. The van der Waals surface area contributed by atoms with E-state index in [1.165, 1.54) is 11.1 Å². The van der Waals surface area contributed by atoms with Gasteiger partial charge >= 0.3 is 5.97 Å². The van der Waals surface area contributed by atoms with Gasteiger partial charge in [0.05, 0.1) is 6.61 Å². The van der Waals surface area contributed by atoms with Crippen molar-refractivity contribution in [3.63, 3.8) is 0 Å². The van der Waals surface area contributed by atoms with E-state index < -0.39 is 0 Å². The Morgan fingerprint density at radius 1 is 1.12 bits per heavy atom. The van der Waals surface area contributed by atoms with Crippen LogP contribution < -0.4 is 11.1 Å². The molecule has 0 fully saturated rings. The Hall–Kier alpha value is -1.31. The zero-order valence-electron chi connectivity index (χ0n) is 14.9. The summed E-state index contributed by atoms with van der Waals surface area (Å²) in [5.74, 6) is 0.342. The molecule has 1 aromatic rings. The molecule has 3 N–H and O–H groups in total. The molecular weight excluding hydrogens is 417 g/mol. The van der Waals surface area contributed by atoms with E-state index in [0.29, 0.717) is 25.5 Å². The number of benzene rings is 1. The van der Waals surface area contributed by atoms with Gasteiger partial charge in [0.15, 0.2) is 5.96 Å². The normalized spacial score (nSPS) is 10.9. The Bertz CT molecular complexity index is 513. The molecule has 0 atom stereocenters. The van der Waals surface area contributed by atoms with Gasteiger partial charge in [0.1, 0.15) is 0 Å². The zero-order valence-corrected chi connectivity index (χ0v) is 17.3. The highest BCUT2D eigenvalue weighted by Gasteiger charge is 2.01. The smallest absolute Gasteiger partial charge is 0.305 e. The van der Waals surface area contributed by atoms with Gasteiger partial charge in [-0.1, -0.05) is 18.9 Å². The third-order valence-corrected chi connectivity index (χ3v) is 3.37. The van der Waals surface area contributed by atoms with Crippen LogP contribution >= 0.6 is 24.0 Å². The maximum Gasteiger partial charge on any atom is 0.305 e. The fraction of sp³-hybridized carbons (Fsp3) is 0.556. The first-order valence-corrected chi connectivity index (χ1v) is 8.32. The lowest BCUT2D eigenvalue weighted by Crippen LogP contribution is -2.23. The molecule has 0 unspecified atom stereocenters. The number of halogens is 1. The third kappa shape index (κ3) is 10.5. The van der Waals surface area contributed by atoms with E-state index in [1.54, 1.807) is 0 Å².